The Labute approximate surface area is 279 Å². The Morgan fingerprint density at radius 1 is 0.750 bits per heavy atom. The molecular weight excluding hydrogens is 628 g/mol. The van der Waals surface area contributed by atoms with E-state index < -0.39 is 10.0 Å². The zero-order chi connectivity index (χ0) is 33.7. The van der Waals surface area contributed by atoms with E-state index in [9.17, 15) is 8.42 Å². The number of rotatable bonds is 11. The zero-order valence-corrected chi connectivity index (χ0v) is 27.7. The molecule has 0 unspecified atom stereocenters. The first kappa shape index (κ1) is 32.3. The second kappa shape index (κ2) is 13.6. The average Bonchev–Trinajstić information content (AvgIpc) is 3.08. The van der Waals surface area contributed by atoms with Crippen molar-refractivity contribution in [2.75, 3.05) is 17.9 Å². The van der Waals surface area contributed by atoms with Crippen LogP contribution in [-0.4, -0.2) is 46.6 Å². The van der Waals surface area contributed by atoms with Crippen molar-refractivity contribution in [2.45, 2.75) is 38.0 Å². The highest BCUT2D eigenvalue weighted by atomic mass is 32.2. The number of anilines is 1. The Kier molecular flexibility index (Phi) is 9.17. The van der Waals surface area contributed by atoms with Crippen LogP contribution in [0.3, 0.4) is 0 Å². The molecule has 12 heteroatoms. The second-order valence-corrected chi connectivity index (χ2v) is 13.7. The molecule has 0 aliphatic carbocycles. The number of ether oxygens (including phenoxy) is 3. The van der Waals surface area contributed by atoms with Gasteiger partial charge in [-0.25, -0.2) is 23.4 Å². The van der Waals surface area contributed by atoms with Crippen molar-refractivity contribution in [1.29, 1.82) is 0 Å². The lowest BCUT2D eigenvalue weighted by atomic mass is 9.87. The lowest BCUT2D eigenvalue weighted by molar-refractivity contribution is 0.201. The summed E-state index contributed by atoms with van der Waals surface area (Å²) in [6, 6.07) is 24.2. The molecule has 0 saturated heterocycles. The molecule has 0 saturated carbocycles. The molecular formula is C36H34N6O5S. The first-order valence-electron chi connectivity index (χ1n) is 15.2. The van der Waals surface area contributed by atoms with Gasteiger partial charge in [0.25, 0.3) is 10.0 Å². The standard InChI is InChI=1S/C36H34N6O5S/c1-24-9-11-26(12-10-24)31-32(42-48(43,44)29-15-13-27(14-16-29)36(2,3)4)40-23-41-34(31)45-19-20-46-35-38-21-28(22-39-35)47-33-30-8-6-5-7-25(30)17-18-37-33/h5-18,21-23H,19-20H2,1-4H3,(H,40,41,42). The summed E-state index contributed by atoms with van der Waals surface area (Å²) in [4.78, 5) is 21.5. The Bertz CT molecular complexity index is 2130. The molecule has 48 heavy (non-hydrogen) atoms. The van der Waals surface area contributed by atoms with E-state index in [0.29, 0.717) is 22.8 Å². The monoisotopic (exact) mass is 662 g/mol. The summed E-state index contributed by atoms with van der Waals surface area (Å²) < 4.78 is 47.1. The van der Waals surface area contributed by atoms with Crippen molar-refractivity contribution in [2.24, 2.45) is 0 Å². The Morgan fingerprint density at radius 2 is 1.46 bits per heavy atom. The quantitative estimate of drug-likeness (QED) is 0.143. The minimum absolute atomic E-state index is 0.0673. The maximum absolute atomic E-state index is 13.5. The van der Waals surface area contributed by atoms with Crippen LogP contribution in [0.4, 0.5) is 5.82 Å². The smallest absolute Gasteiger partial charge is 0.316 e. The van der Waals surface area contributed by atoms with E-state index in [1.165, 1.54) is 18.7 Å². The molecule has 1 N–H and O–H groups in total. The van der Waals surface area contributed by atoms with E-state index >= 15 is 0 Å². The number of aryl methyl sites for hydroxylation is 1. The largest absolute Gasteiger partial charge is 0.473 e. The van der Waals surface area contributed by atoms with E-state index in [0.717, 1.165) is 21.9 Å². The third-order valence-electron chi connectivity index (χ3n) is 7.42. The summed E-state index contributed by atoms with van der Waals surface area (Å²) in [6.07, 6.45) is 5.94. The molecule has 0 radical (unpaired) electrons. The first-order chi connectivity index (χ1) is 23.1. The number of nitrogens with one attached hydrogen (secondary N) is 1. The van der Waals surface area contributed by atoms with Crippen molar-refractivity contribution in [3.8, 4) is 34.6 Å². The molecule has 0 aliphatic heterocycles. The van der Waals surface area contributed by atoms with Crippen molar-refractivity contribution in [1.82, 2.24) is 24.9 Å². The summed E-state index contributed by atoms with van der Waals surface area (Å²) in [6.45, 7) is 8.33. The van der Waals surface area contributed by atoms with E-state index in [1.807, 2.05) is 73.7 Å². The first-order valence-corrected chi connectivity index (χ1v) is 16.7. The van der Waals surface area contributed by atoms with E-state index in [2.05, 4.69) is 50.4 Å². The van der Waals surface area contributed by atoms with Gasteiger partial charge in [0.1, 0.15) is 19.5 Å². The van der Waals surface area contributed by atoms with Gasteiger partial charge in [-0.15, -0.1) is 0 Å². The minimum atomic E-state index is -3.98. The number of pyridine rings is 1. The van der Waals surface area contributed by atoms with Gasteiger partial charge in [0.2, 0.25) is 11.8 Å². The highest BCUT2D eigenvalue weighted by molar-refractivity contribution is 7.92. The number of hydrogen-bond donors (Lipinski definition) is 1. The average molecular weight is 663 g/mol. The summed E-state index contributed by atoms with van der Waals surface area (Å²) >= 11 is 0. The Balaban J connectivity index is 1.15. The van der Waals surface area contributed by atoms with Crippen molar-refractivity contribution >= 4 is 26.6 Å². The minimum Gasteiger partial charge on any atom is -0.473 e. The third-order valence-corrected chi connectivity index (χ3v) is 8.78. The second-order valence-electron chi connectivity index (χ2n) is 12.0. The normalized spacial score (nSPS) is 11.7. The van der Waals surface area contributed by atoms with Gasteiger partial charge in [0.15, 0.2) is 11.6 Å². The molecule has 244 valence electrons. The molecule has 0 atom stereocenters. The molecule has 0 amide bonds. The van der Waals surface area contributed by atoms with Gasteiger partial charge in [-0.2, -0.15) is 9.97 Å². The number of sulfonamides is 1. The number of aromatic nitrogens is 5. The van der Waals surface area contributed by atoms with E-state index in [-0.39, 0.29) is 41.2 Å². The lowest BCUT2D eigenvalue weighted by Crippen LogP contribution is -2.17. The number of benzene rings is 3. The third kappa shape index (κ3) is 7.50. The maximum Gasteiger partial charge on any atom is 0.316 e. The van der Waals surface area contributed by atoms with Crippen molar-refractivity contribution in [3.05, 3.63) is 115 Å². The van der Waals surface area contributed by atoms with Gasteiger partial charge in [0.05, 0.1) is 22.9 Å². The van der Waals surface area contributed by atoms with Gasteiger partial charge in [-0.05, 0) is 53.1 Å². The highest BCUT2D eigenvalue weighted by Crippen LogP contribution is 2.35. The molecule has 3 aromatic heterocycles. The van der Waals surface area contributed by atoms with Crippen molar-refractivity contribution < 1.29 is 22.6 Å². The van der Waals surface area contributed by atoms with Crippen LogP contribution in [0.1, 0.15) is 31.9 Å². The summed E-state index contributed by atoms with van der Waals surface area (Å²) in [5, 5.41) is 1.88. The molecule has 3 heterocycles. The molecule has 11 nitrogen and oxygen atoms in total. The van der Waals surface area contributed by atoms with Crippen LogP contribution in [-0.2, 0) is 15.4 Å². The van der Waals surface area contributed by atoms with Gasteiger partial charge in [-0.3, -0.25) is 4.72 Å². The fourth-order valence-electron chi connectivity index (χ4n) is 4.84. The van der Waals surface area contributed by atoms with Crippen molar-refractivity contribution in [3.63, 3.8) is 0 Å². The predicted molar refractivity (Wildman–Crippen MR) is 183 cm³/mol. The van der Waals surface area contributed by atoms with Crippen LogP contribution in [0.15, 0.2) is 109 Å². The van der Waals surface area contributed by atoms with Gasteiger partial charge in [0, 0.05) is 11.6 Å². The molecule has 6 rings (SSSR count). The van der Waals surface area contributed by atoms with Crippen LogP contribution >= 0.6 is 0 Å². The van der Waals surface area contributed by atoms with E-state index in [4.69, 9.17) is 14.2 Å². The molecule has 0 fully saturated rings. The van der Waals surface area contributed by atoms with Crippen LogP contribution in [0, 0.1) is 6.92 Å². The molecule has 0 aliphatic rings. The topological polar surface area (TPSA) is 138 Å². The summed E-state index contributed by atoms with van der Waals surface area (Å²) in [5.41, 5.74) is 3.02. The van der Waals surface area contributed by atoms with Crippen LogP contribution in [0.2, 0.25) is 0 Å². The molecule has 0 bridgehead atoms. The van der Waals surface area contributed by atoms with Crippen LogP contribution < -0.4 is 18.9 Å². The Hall–Kier alpha value is -5.62. The highest BCUT2D eigenvalue weighted by Gasteiger charge is 2.23. The number of nitrogens with zero attached hydrogens (tertiary/aromatic N) is 5. The summed E-state index contributed by atoms with van der Waals surface area (Å²) in [7, 11) is -3.98. The Morgan fingerprint density at radius 3 is 2.19 bits per heavy atom. The zero-order valence-electron chi connectivity index (χ0n) is 26.9. The fraction of sp³-hybridized carbons (Fsp3) is 0.194. The molecule has 0 spiro atoms. The maximum atomic E-state index is 13.5. The van der Waals surface area contributed by atoms with Gasteiger partial charge in [-0.1, -0.05) is 80.9 Å². The van der Waals surface area contributed by atoms with Crippen LogP contribution in [0.25, 0.3) is 21.9 Å². The number of hydrogen-bond acceptors (Lipinski definition) is 10. The molecule has 6 aromatic rings. The predicted octanol–water partition coefficient (Wildman–Crippen LogP) is 7.14. The number of fused-ring (bicyclic) bond motifs is 1. The fourth-order valence-corrected chi connectivity index (χ4v) is 5.87. The van der Waals surface area contributed by atoms with Gasteiger partial charge < -0.3 is 14.2 Å². The SMILES string of the molecule is Cc1ccc(-c2c(NS(=O)(=O)c3ccc(C(C)(C)C)cc3)ncnc2OCCOc2ncc(Oc3nccc4ccccc34)cn2)cc1. The van der Waals surface area contributed by atoms with Crippen LogP contribution in [0.5, 0.6) is 23.5 Å². The summed E-state index contributed by atoms with van der Waals surface area (Å²) in [5.74, 6) is 1.13. The van der Waals surface area contributed by atoms with Gasteiger partial charge >= 0.3 is 6.01 Å². The van der Waals surface area contributed by atoms with E-state index in [1.54, 1.807) is 18.3 Å². The lowest BCUT2D eigenvalue weighted by Gasteiger charge is -2.19. The molecule has 3 aromatic carbocycles.